The normalized spacial score (nSPS) is 18.2. The van der Waals surface area contributed by atoms with Crippen molar-refractivity contribution in [1.29, 1.82) is 0 Å². The zero-order valence-electron chi connectivity index (χ0n) is 21.9. The highest BCUT2D eigenvalue weighted by molar-refractivity contribution is 6.30. The van der Waals surface area contributed by atoms with E-state index in [1.807, 2.05) is 77.7 Å². The van der Waals surface area contributed by atoms with Gasteiger partial charge in [-0.3, -0.25) is 9.59 Å². The molecule has 6 nitrogen and oxygen atoms in total. The van der Waals surface area contributed by atoms with Crippen LogP contribution in [0.1, 0.15) is 43.9 Å². The second kappa shape index (κ2) is 10.5. The summed E-state index contributed by atoms with van der Waals surface area (Å²) in [6, 6.07) is 22.6. The number of benzene rings is 3. The third-order valence-electron chi connectivity index (χ3n) is 7.13. The minimum atomic E-state index is -0.457. The Morgan fingerprint density at radius 3 is 2.61 bits per heavy atom. The number of para-hydroxylation sites is 2. The average molecular weight is 530 g/mol. The van der Waals surface area contributed by atoms with Gasteiger partial charge in [0, 0.05) is 29.3 Å². The Morgan fingerprint density at radius 2 is 1.84 bits per heavy atom. The molecule has 0 aromatic heterocycles. The fourth-order valence-electron chi connectivity index (χ4n) is 5.40. The number of nitrogens with zero attached hydrogens (tertiary/aromatic N) is 1. The Balaban J connectivity index is 1.57. The topological polar surface area (TPSA) is 70.7 Å². The third-order valence-corrected chi connectivity index (χ3v) is 7.38. The maximum absolute atomic E-state index is 13.8. The molecule has 1 aliphatic carbocycles. The molecule has 0 radical (unpaired) electrons. The van der Waals surface area contributed by atoms with E-state index in [0.717, 1.165) is 34.6 Å². The minimum Gasteiger partial charge on any atom is -0.497 e. The number of carbonyl (C=O) groups is 2. The lowest BCUT2D eigenvalue weighted by molar-refractivity contribution is -0.120. The first-order chi connectivity index (χ1) is 18.2. The van der Waals surface area contributed by atoms with Gasteiger partial charge in [0.1, 0.15) is 5.75 Å². The smallest absolute Gasteiger partial charge is 0.239 e. The lowest BCUT2D eigenvalue weighted by atomic mass is 9.73. The number of allylic oxidation sites excluding steroid dienone is 1. The summed E-state index contributed by atoms with van der Waals surface area (Å²) in [5, 5.41) is 7.27. The summed E-state index contributed by atoms with van der Waals surface area (Å²) in [5.74, 6) is 0.650. The van der Waals surface area contributed by atoms with Gasteiger partial charge in [0.15, 0.2) is 5.78 Å². The number of hydrogen-bond acceptors (Lipinski definition) is 5. The monoisotopic (exact) mass is 529 g/mol. The van der Waals surface area contributed by atoms with E-state index in [4.69, 9.17) is 16.3 Å². The minimum absolute atomic E-state index is 0.0710. The standard InChI is InChI=1S/C31H32ClN3O3/c1-31(2)16-25-29(27(36)17-31)30(21-7-6-8-23(15-21)38-3)35(26-10-5-4-9-24(26)34-25)19-28(37)33-18-20-11-13-22(32)14-12-20/h4-15,30,34H,16-19H2,1-3H3,(H,33,37). The molecule has 5 rings (SSSR count). The molecule has 2 aliphatic rings. The number of halogens is 1. The number of nitrogens with one attached hydrogen (secondary N) is 2. The highest BCUT2D eigenvalue weighted by Gasteiger charge is 2.42. The second-order valence-corrected chi connectivity index (χ2v) is 11.1. The number of methoxy groups -OCH3 is 1. The molecule has 3 aromatic rings. The van der Waals surface area contributed by atoms with Crippen molar-refractivity contribution >= 4 is 34.7 Å². The molecule has 0 saturated carbocycles. The molecule has 0 saturated heterocycles. The number of ketones is 1. The lowest BCUT2D eigenvalue weighted by Crippen LogP contribution is -2.41. The zero-order chi connectivity index (χ0) is 26.9. The molecule has 0 bridgehead atoms. The number of ether oxygens (including phenoxy) is 1. The van der Waals surface area contributed by atoms with Crippen LogP contribution in [0.2, 0.25) is 5.02 Å². The van der Waals surface area contributed by atoms with Crippen LogP contribution in [0.4, 0.5) is 11.4 Å². The summed E-state index contributed by atoms with van der Waals surface area (Å²) in [4.78, 5) is 29.2. The molecule has 2 N–H and O–H groups in total. The van der Waals surface area contributed by atoms with E-state index in [9.17, 15) is 9.59 Å². The first-order valence-electron chi connectivity index (χ1n) is 12.8. The van der Waals surface area contributed by atoms with Gasteiger partial charge in [0.2, 0.25) is 5.91 Å². The summed E-state index contributed by atoms with van der Waals surface area (Å²) in [6.45, 7) is 4.70. The SMILES string of the molecule is COc1cccc(C2C3=C(CC(C)(C)CC3=O)Nc3ccccc3N2CC(=O)NCc2ccc(Cl)cc2)c1. The molecule has 7 heteroatoms. The molecule has 1 unspecified atom stereocenters. The zero-order valence-corrected chi connectivity index (χ0v) is 22.6. The number of Topliss-reactive ketones (excluding diaryl/α,β-unsaturated/α-hetero) is 1. The Morgan fingerprint density at radius 1 is 1.08 bits per heavy atom. The van der Waals surface area contributed by atoms with Gasteiger partial charge in [-0.05, 0) is 59.4 Å². The van der Waals surface area contributed by atoms with Crippen molar-refractivity contribution in [3.8, 4) is 5.75 Å². The molecule has 1 amide bonds. The van der Waals surface area contributed by atoms with Gasteiger partial charge >= 0.3 is 0 Å². The summed E-state index contributed by atoms with van der Waals surface area (Å²) < 4.78 is 5.53. The van der Waals surface area contributed by atoms with Crippen LogP contribution in [-0.4, -0.2) is 25.3 Å². The lowest BCUT2D eigenvalue weighted by Gasteiger charge is -2.38. The highest BCUT2D eigenvalue weighted by atomic mass is 35.5. The van der Waals surface area contributed by atoms with E-state index in [1.54, 1.807) is 7.11 Å². The molecule has 0 fully saturated rings. The Labute approximate surface area is 228 Å². The number of carbonyl (C=O) groups excluding carboxylic acids is 2. The predicted octanol–water partition coefficient (Wildman–Crippen LogP) is 6.28. The maximum atomic E-state index is 13.8. The number of amides is 1. The van der Waals surface area contributed by atoms with Gasteiger partial charge < -0.3 is 20.3 Å². The molecule has 196 valence electrons. The highest BCUT2D eigenvalue weighted by Crippen LogP contribution is 2.48. The van der Waals surface area contributed by atoms with Crippen molar-refractivity contribution in [2.24, 2.45) is 5.41 Å². The molecule has 1 aliphatic heterocycles. The molecule has 3 aromatic carbocycles. The summed E-state index contributed by atoms with van der Waals surface area (Å²) >= 11 is 6.01. The fourth-order valence-corrected chi connectivity index (χ4v) is 5.52. The van der Waals surface area contributed by atoms with Crippen molar-refractivity contribution < 1.29 is 14.3 Å². The average Bonchev–Trinajstić information content (AvgIpc) is 3.02. The van der Waals surface area contributed by atoms with Crippen LogP contribution in [-0.2, 0) is 16.1 Å². The maximum Gasteiger partial charge on any atom is 0.239 e. The van der Waals surface area contributed by atoms with Crippen LogP contribution in [0, 0.1) is 5.41 Å². The van der Waals surface area contributed by atoms with Crippen LogP contribution in [0.25, 0.3) is 0 Å². The van der Waals surface area contributed by atoms with Crippen molar-refractivity contribution in [1.82, 2.24) is 5.32 Å². The number of hydrogen-bond donors (Lipinski definition) is 2. The van der Waals surface area contributed by atoms with Gasteiger partial charge in [0.05, 0.1) is 31.1 Å². The van der Waals surface area contributed by atoms with E-state index in [0.29, 0.717) is 29.3 Å². The quantitative estimate of drug-likeness (QED) is 0.393. The van der Waals surface area contributed by atoms with Gasteiger partial charge in [-0.15, -0.1) is 0 Å². The van der Waals surface area contributed by atoms with E-state index < -0.39 is 6.04 Å². The Hall–Kier alpha value is -3.77. The summed E-state index contributed by atoms with van der Waals surface area (Å²) in [6.07, 6.45) is 1.18. The van der Waals surface area contributed by atoms with E-state index in [-0.39, 0.29) is 23.7 Å². The molecular weight excluding hydrogens is 498 g/mol. The largest absolute Gasteiger partial charge is 0.497 e. The number of rotatable bonds is 6. The molecule has 38 heavy (non-hydrogen) atoms. The van der Waals surface area contributed by atoms with E-state index in [2.05, 4.69) is 24.5 Å². The third kappa shape index (κ3) is 5.41. The summed E-state index contributed by atoms with van der Waals surface area (Å²) in [7, 11) is 1.63. The predicted molar refractivity (Wildman–Crippen MR) is 151 cm³/mol. The van der Waals surface area contributed by atoms with Gasteiger partial charge in [-0.1, -0.05) is 61.8 Å². The van der Waals surface area contributed by atoms with Crippen molar-refractivity contribution in [3.63, 3.8) is 0 Å². The number of anilines is 2. The van der Waals surface area contributed by atoms with Crippen LogP contribution >= 0.6 is 11.6 Å². The number of fused-ring (bicyclic) bond motifs is 1. The van der Waals surface area contributed by atoms with Crippen molar-refractivity contribution in [3.05, 3.63) is 100 Å². The van der Waals surface area contributed by atoms with Gasteiger partial charge in [-0.2, -0.15) is 0 Å². The molecule has 0 spiro atoms. The molecule has 1 atom stereocenters. The summed E-state index contributed by atoms with van der Waals surface area (Å²) in [5.41, 5.74) is 5.05. The van der Waals surface area contributed by atoms with Crippen molar-refractivity contribution in [2.45, 2.75) is 39.3 Å². The second-order valence-electron chi connectivity index (χ2n) is 10.7. The van der Waals surface area contributed by atoms with Crippen LogP contribution in [0.3, 0.4) is 0 Å². The van der Waals surface area contributed by atoms with Gasteiger partial charge in [-0.25, -0.2) is 0 Å². The first-order valence-corrected chi connectivity index (χ1v) is 13.2. The van der Waals surface area contributed by atoms with Crippen molar-refractivity contribution in [2.75, 3.05) is 23.9 Å². The van der Waals surface area contributed by atoms with Gasteiger partial charge in [0.25, 0.3) is 0 Å². The van der Waals surface area contributed by atoms with Crippen LogP contribution in [0.15, 0.2) is 84.1 Å². The fraction of sp³-hybridized carbons (Fsp3) is 0.290. The van der Waals surface area contributed by atoms with Crippen LogP contribution in [0.5, 0.6) is 5.75 Å². The Kier molecular flexibility index (Phi) is 7.17. The molecular formula is C31H32ClN3O3. The van der Waals surface area contributed by atoms with E-state index >= 15 is 0 Å². The first kappa shape index (κ1) is 25.9. The molecule has 1 heterocycles. The Bertz CT molecular complexity index is 1400. The van der Waals surface area contributed by atoms with E-state index in [1.165, 1.54) is 0 Å². The van der Waals surface area contributed by atoms with Crippen LogP contribution < -0.4 is 20.3 Å².